The Hall–Kier alpha value is -4.91. The second kappa shape index (κ2) is 13.4. The summed E-state index contributed by atoms with van der Waals surface area (Å²) in [5.74, 6) is 2.76. The van der Waals surface area contributed by atoms with Gasteiger partial charge in [-0.25, -0.2) is 14.5 Å². The van der Waals surface area contributed by atoms with Crippen LogP contribution in [0.3, 0.4) is 0 Å². The topological polar surface area (TPSA) is 88.6 Å². The lowest BCUT2D eigenvalue weighted by Gasteiger charge is -2.25. The van der Waals surface area contributed by atoms with Crippen LogP contribution in [0.25, 0.3) is 16.9 Å². The van der Waals surface area contributed by atoms with Crippen LogP contribution in [-0.4, -0.2) is 33.8 Å². The lowest BCUT2D eigenvalue weighted by Crippen LogP contribution is -2.24. The standard InChI is InChI=1S/C35H28BrClN6O2/c1-44-27-15-11-23(12-16-27)21-42(22-24-13-17-28(45-2)18-14-24)34-35-39-31(19-25-7-4-6-10-30(25)37)41-43(35)33(36)32(40-34)29-9-5-3-8-26(29)20-38/h3-18H,19,21-22H2,1-2H3. The first-order valence-corrected chi connectivity index (χ1v) is 15.3. The molecule has 0 aliphatic rings. The van der Waals surface area contributed by atoms with Crippen molar-refractivity contribution in [3.63, 3.8) is 0 Å². The first-order valence-electron chi connectivity index (χ1n) is 14.2. The van der Waals surface area contributed by atoms with Crippen molar-refractivity contribution in [2.75, 3.05) is 19.1 Å². The third kappa shape index (κ3) is 6.48. The number of hydrogen-bond donors (Lipinski definition) is 0. The molecule has 6 rings (SSSR count). The van der Waals surface area contributed by atoms with Gasteiger partial charge in [-0.3, -0.25) is 0 Å². The predicted octanol–water partition coefficient (Wildman–Crippen LogP) is 7.89. The van der Waals surface area contributed by atoms with E-state index >= 15 is 0 Å². The molecule has 0 amide bonds. The maximum atomic E-state index is 9.96. The molecule has 0 spiro atoms. The molecule has 0 saturated heterocycles. The zero-order valence-electron chi connectivity index (χ0n) is 24.6. The van der Waals surface area contributed by atoms with Crippen LogP contribution in [0.1, 0.15) is 28.1 Å². The number of rotatable bonds is 10. The van der Waals surface area contributed by atoms with Gasteiger partial charge in [0.05, 0.1) is 25.9 Å². The molecular weight excluding hydrogens is 652 g/mol. The summed E-state index contributed by atoms with van der Waals surface area (Å²) in [5, 5.41) is 15.5. The summed E-state index contributed by atoms with van der Waals surface area (Å²) in [5.41, 5.74) is 5.38. The first kappa shape index (κ1) is 30.1. The first-order chi connectivity index (χ1) is 22.0. The van der Waals surface area contributed by atoms with Crippen molar-refractivity contribution in [1.29, 1.82) is 5.26 Å². The minimum Gasteiger partial charge on any atom is -0.497 e. The van der Waals surface area contributed by atoms with Gasteiger partial charge >= 0.3 is 0 Å². The maximum Gasteiger partial charge on any atom is 0.199 e. The Bertz CT molecular complexity index is 1960. The molecule has 0 aliphatic heterocycles. The Balaban J connectivity index is 1.54. The van der Waals surface area contributed by atoms with Gasteiger partial charge in [-0.2, -0.15) is 5.26 Å². The molecule has 45 heavy (non-hydrogen) atoms. The zero-order valence-corrected chi connectivity index (χ0v) is 27.0. The molecule has 0 bridgehead atoms. The highest BCUT2D eigenvalue weighted by Crippen LogP contribution is 2.35. The van der Waals surface area contributed by atoms with Crippen LogP contribution in [-0.2, 0) is 19.5 Å². The quantitative estimate of drug-likeness (QED) is 0.146. The number of ether oxygens (including phenoxy) is 2. The normalized spacial score (nSPS) is 10.9. The average Bonchev–Trinajstić information content (AvgIpc) is 3.51. The van der Waals surface area contributed by atoms with Gasteiger partial charge in [-0.1, -0.05) is 72.3 Å². The smallest absolute Gasteiger partial charge is 0.199 e. The van der Waals surface area contributed by atoms with Gasteiger partial charge in [0.2, 0.25) is 0 Å². The predicted molar refractivity (Wildman–Crippen MR) is 179 cm³/mol. The summed E-state index contributed by atoms with van der Waals surface area (Å²) in [6.07, 6.45) is 0.439. The van der Waals surface area contributed by atoms with Crippen molar-refractivity contribution >= 4 is 39.0 Å². The van der Waals surface area contributed by atoms with E-state index < -0.39 is 0 Å². The van der Waals surface area contributed by atoms with Crippen LogP contribution in [0.15, 0.2) is 102 Å². The summed E-state index contributed by atoms with van der Waals surface area (Å²) < 4.78 is 13.1. The fourth-order valence-corrected chi connectivity index (χ4v) is 5.86. The van der Waals surface area contributed by atoms with Crippen LogP contribution >= 0.6 is 27.5 Å². The minimum atomic E-state index is 0.439. The monoisotopic (exact) mass is 678 g/mol. The second-order valence-electron chi connectivity index (χ2n) is 10.3. The van der Waals surface area contributed by atoms with Gasteiger partial charge in [0.25, 0.3) is 0 Å². The fourth-order valence-electron chi connectivity index (χ4n) is 5.10. The van der Waals surface area contributed by atoms with E-state index in [2.05, 4.69) is 26.9 Å². The van der Waals surface area contributed by atoms with Crippen molar-refractivity contribution in [2.24, 2.45) is 0 Å². The Morgan fingerprint density at radius 3 is 2.02 bits per heavy atom. The lowest BCUT2D eigenvalue weighted by atomic mass is 10.1. The number of halogens is 2. The molecule has 224 valence electrons. The molecule has 2 aromatic heterocycles. The van der Waals surface area contributed by atoms with E-state index in [0.29, 0.717) is 63.2 Å². The molecule has 0 aliphatic carbocycles. The number of benzene rings is 4. The second-order valence-corrected chi connectivity index (χ2v) is 11.5. The SMILES string of the molecule is COc1ccc(CN(Cc2ccc(OC)cc2)c2nc(-c3ccccc3C#N)c(Br)n3nc(Cc4ccccc4Cl)nc23)cc1. The maximum absolute atomic E-state index is 9.96. The van der Waals surface area contributed by atoms with E-state index in [1.54, 1.807) is 24.8 Å². The highest BCUT2D eigenvalue weighted by Gasteiger charge is 2.24. The molecule has 0 saturated carbocycles. The Labute approximate surface area is 274 Å². The Morgan fingerprint density at radius 2 is 1.42 bits per heavy atom. The lowest BCUT2D eigenvalue weighted by molar-refractivity contribution is 0.414. The largest absolute Gasteiger partial charge is 0.497 e. The Kier molecular flexibility index (Phi) is 8.96. The third-order valence-corrected chi connectivity index (χ3v) is 8.50. The summed E-state index contributed by atoms with van der Waals surface area (Å²) in [6, 6.07) is 33.3. The van der Waals surface area contributed by atoms with Crippen molar-refractivity contribution < 1.29 is 9.47 Å². The van der Waals surface area contributed by atoms with E-state index in [9.17, 15) is 5.26 Å². The van der Waals surface area contributed by atoms with Crippen LogP contribution in [0.4, 0.5) is 5.82 Å². The number of methoxy groups -OCH3 is 2. The van der Waals surface area contributed by atoms with E-state index in [4.69, 9.17) is 36.1 Å². The summed E-state index contributed by atoms with van der Waals surface area (Å²) >= 11 is 10.3. The molecule has 0 atom stereocenters. The number of aromatic nitrogens is 4. The summed E-state index contributed by atoms with van der Waals surface area (Å²) in [6.45, 7) is 1.04. The molecule has 0 N–H and O–H groups in total. The highest BCUT2D eigenvalue weighted by atomic mass is 79.9. The van der Waals surface area contributed by atoms with E-state index in [0.717, 1.165) is 28.2 Å². The third-order valence-electron chi connectivity index (χ3n) is 7.42. The van der Waals surface area contributed by atoms with Crippen molar-refractivity contribution in [3.8, 4) is 28.8 Å². The van der Waals surface area contributed by atoms with Crippen LogP contribution in [0, 0.1) is 11.3 Å². The summed E-state index contributed by atoms with van der Waals surface area (Å²) in [4.78, 5) is 12.4. The zero-order chi connectivity index (χ0) is 31.3. The average molecular weight is 680 g/mol. The van der Waals surface area contributed by atoms with Crippen molar-refractivity contribution in [2.45, 2.75) is 19.5 Å². The molecule has 0 radical (unpaired) electrons. The van der Waals surface area contributed by atoms with Gasteiger partial charge in [0.1, 0.15) is 21.8 Å². The number of hydrogen-bond acceptors (Lipinski definition) is 7. The van der Waals surface area contributed by atoms with Crippen LogP contribution in [0.2, 0.25) is 5.02 Å². The number of nitriles is 1. The molecule has 4 aromatic carbocycles. The van der Waals surface area contributed by atoms with Crippen LogP contribution in [0.5, 0.6) is 11.5 Å². The number of nitrogens with zero attached hydrogens (tertiary/aromatic N) is 6. The van der Waals surface area contributed by atoms with Crippen molar-refractivity contribution in [1.82, 2.24) is 19.6 Å². The summed E-state index contributed by atoms with van der Waals surface area (Å²) in [7, 11) is 3.30. The molecular formula is C35H28BrClN6O2. The number of fused-ring (bicyclic) bond motifs is 1. The van der Waals surface area contributed by atoms with E-state index in [1.165, 1.54) is 0 Å². The van der Waals surface area contributed by atoms with Gasteiger partial charge < -0.3 is 14.4 Å². The highest BCUT2D eigenvalue weighted by molar-refractivity contribution is 9.10. The molecule has 2 heterocycles. The Morgan fingerprint density at radius 1 is 0.822 bits per heavy atom. The van der Waals surface area contributed by atoms with E-state index in [-0.39, 0.29) is 0 Å². The molecule has 0 unspecified atom stereocenters. The fraction of sp³-hybridized carbons (Fsp3) is 0.143. The van der Waals surface area contributed by atoms with Gasteiger partial charge in [0, 0.05) is 30.1 Å². The van der Waals surface area contributed by atoms with Gasteiger partial charge in [0.15, 0.2) is 17.3 Å². The molecule has 6 aromatic rings. The molecule has 0 fully saturated rings. The van der Waals surface area contributed by atoms with Gasteiger partial charge in [-0.05, 0) is 69.0 Å². The minimum absolute atomic E-state index is 0.439. The number of anilines is 1. The molecule has 8 nitrogen and oxygen atoms in total. The van der Waals surface area contributed by atoms with Gasteiger partial charge in [-0.15, -0.1) is 5.10 Å². The van der Waals surface area contributed by atoms with E-state index in [1.807, 2.05) is 91.0 Å². The van der Waals surface area contributed by atoms with Crippen LogP contribution < -0.4 is 14.4 Å². The molecule has 10 heteroatoms. The van der Waals surface area contributed by atoms with Crippen molar-refractivity contribution in [3.05, 3.63) is 135 Å².